The molecule has 4 heteroatoms. The standard InChI is InChI=1S/C8H10N2O.C6H13N/c1-3-4-5-7-6(2)9-8(11)10-7;7-6-4-2-1-3-5-6/h3-5H,1H2,2H3,(H2,9,10,11);6H,1-5,7H2/b5-4-;. The fraction of sp³-hybridized carbons (Fsp3) is 0.500. The number of rotatable bonds is 2. The van der Waals surface area contributed by atoms with Gasteiger partial charge in [0.1, 0.15) is 0 Å². The molecular weight excluding hydrogens is 226 g/mol. The molecule has 0 unspecified atom stereocenters. The average molecular weight is 249 g/mol. The lowest BCUT2D eigenvalue weighted by atomic mass is 9.97. The molecular formula is C14H23N3O. The SMILES string of the molecule is C=C/C=C\c1[nH]c(=O)[nH]c1C.NC1CCCCC1. The number of aryl methyl sites for hydroxylation is 1. The van der Waals surface area contributed by atoms with Crippen molar-refractivity contribution in [1.82, 2.24) is 9.97 Å². The maximum Gasteiger partial charge on any atom is 0.323 e. The van der Waals surface area contributed by atoms with Crippen LogP contribution in [0, 0.1) is 6.92 Å². The summed E-state index contributed by atoms with van der Waals surface area (Å²) in [6.45, 7) is 5.36. The van der Waals surface area contributed by atoms with E-state index in [0.29, 0.717) is 6.04 Å². The molecule has 0 bridgehead atoms. The van der Waals surface area contributed by atoms with Crippen molar-refractivity contribution in [3.63, 3.8) is 0 Å². The minimum Gasteiger partial charge on any atom is -0.328 e. The maximum absolute atomic E-state index is 10.7. The molecule has 0 aliphatic heterocycles. The summed E-state index contributed by atoms with van der Waals surface area (Å²) in [6, 6.07) is 0.536. The van der Waals surface area contributed by atoms with Gasteiger partial charge in [-0.1, -0.05) is 38.0 Å². The lowest BCUT2D eigenvalue weighted by Crippen LogP contribution is -2.22. The summed E-state index contributed by atoms with van der Waals surface area (Å²) >= 11 is 0. The van der Waals surface area contributed by atoms with Crippen LogP contribution in [0.15, 0.2) is 23.5 Å². The number of aromatic nitrogens is 2. The Morgan fingerprint density at radius 3 is 2.33 bits per heavy atom. The molecule has 100 valence electrons. The van der Waals surface area contributed by atoms with Gasteiger partial charge in [-0.3, -0.25) is 0 Å². The molecule has 1 aliphatic carbocycles. The first-order chi connectivity index (χ1) is 8.63. The second kappa shape index (κ2) is 7.71. The third kappa shape index (κ3) is 5.19. The van der Waals surface area contributed by atoms with Crippen LogP contribution in [0.2, 0.25) is 0 Å². The van der Waals surface area contributed by atoms with Gasteiger partial charge in [0, 0.05) is 11.7 Å². The van der Waals surface area contributed by atoms with E-state index in [1.165, 1.54) is 32.1 Å². The van der Waals surface area contributed by atoms with Crippen LogP contribution >= 0.6 is 0 Å². The van der Waals surface area contributed by atoms with E-state index >= 15 is 0 Å². The number of nitrogens with one attached hydrogen (secondary N) is 2. The monoisotopic (exact) mass is 249 g/mol. The smallest absolute Gasteiger partial charge is 0.323 e. The van der Waals surface area contributed by atoms with Gasteiger partial charge >= 0.3 is 5.69 Å². The number of hydrogen-bond acceptors (Lipinski definition) is 2. The molecule has 1 heterocycles. The van der Waals surface area contributed by atoms with E-state index < -0.39 is 0 Å². The molecule has 0 saturated heterocycles. The molecule has 2 rings (SSSR count). The second-order valence-corrected chi connectivity index (χ2v) is 4.61. The minimum absolute atomic E-state index is 0.175. The Morgan fingerprint density at radius 2 is 1.94 bits per heavy atom. The Balaban J connectivity index is 0.000000199. The Kier molecular flexibility index (Phi) is 6.22. The fourth-order valence-corrected chi connectivity index (χ4v) is 1.95. The topological polar surface area (TPSA) is 74.7 Å². The van der Waals surface area contributed by atoms with Crippen LogP contribution in [0.25, 0.3) is 6.08 Å². The normalized spacial score (nSPS) is 16.3. The van der Waals surface area contributed by atoms with E-state index in [-0.39, 0.29) is 5.69 Å². The maximum atomic E-state index is 10.7. The highest BCUT2D eigenvalue weighted by molar-refractivity contribution is 5.48. The van der Waals surface area contributed by atoms with Gasteiger partial charge in [-0.15, -0.1) is 0 Å². The summed E-state index contributed by atoms with van der Waals surface area (Å²) in [5.74, 6) is 0. The zero-order valence-electron chi connectivity index (χ0n) is 11.0. The first-order valence-electron chi connectivity index (χ1n) is 6.47. The van der Waals surface area contributed by atoms with Crippen molar-refractivity contribution in [3.8, 4) is 0 Å². The summed E-state index contributed by atoms with van der Waals surface area (Å²) in [5.41, 5.74) is 7.10. The fourth-order valence-electron chi connectivity index (χ4n) is 1.95. The highest BCUT2D eigenvalue weighted by Crippen LogP contribution is 2.14. The van der Waals surface area contributed by atoms with Crippen molar-refractivity contribution in [2.45, 2.75) is 45.1 Å². The van der Waals surface area contributed by atoms with Crippen LogP contribution in [-0.2, 0) is 0 Å². The zero-order chi connectivity index (χ0) is 13.4. The third-order valence-corrected chi connectivity index (χ3v) is 3.00. The van der Waals surface area contributed by atoms with E-state index in [1.54, 1.807) is 18.2 Å². The molecule has 0 amide bonds. The van der Waals surface area contributed by atoms with Crippen LogP contribution in [0.4, 0.5) is 0 Å². The largest absolute Gasteiger partial charge is 0.328 e. The van der Waals surface area contributed by atoms with E-state index in [2.05, 4.69) is 16.5 Å². The first kappa shape index (κ1) is 14.5. The molecule has 1 aromatic rings. The zero-order valence-corrected chi connectivity index (χ0v) is 11.0. The van der Waals surface area contributed by atoms with Crippen LogP contribution < -0.4 is 11.4 Å². The third-order valence-electron chi connectivity index (χ3n) is 3.00. The lowest BCUT2D eigenvalue weighted by Gasteiger charge is -2.15. The number of allylic oxidation sites excluding steroid dienone is 2. The molecule has 1 aromatic heterocycles. The van der Waals surface area contributed by atoms with Crippen LogP contribution in [0.5, 0.6) is 0 Å². The van der Waals surface area contributed by atoms with E-state index in [4.69, 9.17) is 5.73 Å². The van der Waals surface area contributed by atoms with Gasteiger partial charge in [-0.25, -0.2) is 4.79 Å². The number of imidazole rings is 1. The van der Waals surface area contributed by atoms with Crippen molar-refractivity contribution in [2.75, 3.05) is 0 Å². The van der Waals surface area contributed by atoms with Gasteiger partial charge < -0.3 is 15.7 Å². The molecule has 18 heavy (non-hydrogen) atoms. The van der Waals surface area contributed by atoms with Gasteiger partial charge in [0.2, 0.25) is 0 Å². The number of hydrogen-bond donors (Lipinski definition) is 3. The van der Waals surface area contributed by atoms with Crippen LogP contribution in [0.1, 0.15) is 43.5 Å². The van der Waals surface area contributed by atoms with E-state index in [9.17, 15) is 4.79 Å². The first-order valence-corrected chi connectivity index (χ1v) is 6.47. The lowest BCUT2D eigenvalue weighted by molar-refractivity contribution is 0.441. The van der Waals surface area contributed by atoms with Crippen LogP contribution in [0.3, 0.4) is 0 Å². The summed E-state index contributed by atoms with van der Waals surface area (Å²) in [5, 5.41) is 0. The van der Waals surface area contributed by atoms with Gasteiger partial charge in [-0.05, 0) is 25.8 Å². The Hall–Kier alpha value is -1.55. The highest BCUT2D eigenvalue weighted by Gasteiger charge is 2.06. The molecule has 0 aromatic carbocycles. The van der Waals surface area contributed by atoms with Crippen molar-refractivity contribution in [2.24, 2.45) is 5.73 Å². The molecule has 0 spiro atoms. The van der Waals surface area contributed by atoms with Gasteiger partial charge in [-0.2, -0.15) is 0 Å². The number of aromatic amines is 2. The Bertz CT molecular complexity index is 436. The molecule has 1 aliphatic rings. The summed E-state index contributed by atoms with van der Waals surface area (Å²) in [4.78, 5) is 16.0. The summed E-state index contributed by atoms with van der Waals surface area (Å²) < 4.78 is 0. The predicted molar refractivity (Wildman–Crippen MR) is 76.4 cm³/mol. The molecule has 1 fully saturated rings. The average Bonchev–Trinajstić information content (AvgIpc) is 2.67. The van der Waals surface area contributed by atoms with Crippen molar-refractivity contribution >= 4 is 6.08 Å². The number of H-pyrrole nitrogens is 2. The van der Waals surface area contributed by atoms with Crippen LogP contribution in [-0.4, -0.2) is 16.0 Å². The minimum atomic E-state index is -0.175. The predicted octanol–water partition coefficient (Wildman–Crippen LogP) is 2.49. The van der Waals surface area contributed by atoms with Gasteiger partial charge in [0.25, 0.3) is 0 Å². The van der Waals surface area contributed by atoms with Gasteiger partial charge in [0.05, 0.1) is 5.69 Å². The van der Waals surface area contributed by atoms with Gasteiger partial charge in [0.15, 0.2) is 0 Å². The van der Waals surface area contributed by atoms with Crippen molar-refractivity contribution in [3.05, 3.63) is 40.6 Å². The van der Waals surface area contributed by atoms with Crippen molar-refractivity contribution < 1.29 is 0 Å². The van der Waals surface area contributed by atoms with Crippen molar-refractivity contribution in [1.29, 1.82) is 0 Å². The molecule has 4 N–H and O–H groups in total. The summed E-state index contributed by atoms with van der Waals surface area (Å²) in [6.07, 6.45) is 11.9. The molecule has 0 radical (unpaired) electrons. The number of nitrogens with two attached hydrogens (primary N) is 1. The molecule has 4 nitrogen and oxygen atoms in total. The Morgan fingerprint density at radius 1 is 1.28 bits per heavy atom. The van der Waals surface area contributed by atoms with E-state index in [1.807, 2.05) is 6.92 Å². The van der Waals surface area contributed by atoms with E-state index in [0.717, 1.165) is 11.4 Å². The summed E-state index contributed by atoms with van der Waals surface area (Å²) in [7, 11) is 0. The molecule has 1 saturated carbocycles. The Labute approximate surface area is 108 Å². The highest BCUT2D eigenvalue weighted by atomic mass is 16.1. The second-order valence-electron chi connectivity index (χ2n) is 4.61. The quantitative estimate of drug-likeness (QED) is 0.704. The molecule has 0 atom stereocenters.